The number of piperidine rings is 1. The Morgan fingerprint density at radius 3 is 2.48 bits per heavy atom. The largest absolute Gasteiger partial charge is 0.444 e. The summed E-state index contributed by atoms with van der Waals surface area (Å²) >= 11 is 0. The molecule has 2 aromatic carbocycles. The summed E-state index contributed by atoms with van der Waals surface area (Å²) in [4.78, 5) is 28.4. The fourth-order valence-corrected chi connectivity index (χ4v) is 3.70. The van der Waals surface area contributed by atoms with Crippen molar-refractivity contribution in [2.24, 2.45) is 0 Å². The van der Waals surface area contributed by atoms with E-state index in [1.54, 1.807) is 11.0 Å². The number of amides is 2. The van der Waals surface area contributed by atoms with Crippen molar-refractivity contribution in [2.75, 3.05) is 18.0 Å². The zero-order chi connectivity index (χ0) is 18.6. The minimum atomic E-state index is -0.289. The van der Waals surface area contributed by atoms with Crippen LogP contribution in [0.4, 0.5) is 10.5 Å². The number of likely N-dealkylation sites (tertiary alicyclic amines) is 1. The highest BCUT2D eigenvalue weighted by atomic mass is 16.6. The minimum Gasteiger partial charge on any atom is -0.444 e. The molecule has 2 heterocycles. The predicted molar refractivity (Wildman–Crippen MR) is 104 cm³/mol. The van der Waals surface area contributed by atoms with E-state index >= 15 is 0 Å². The topological polar surface area (TPSA) is 49.9 Å². The summed E-state index contributed by atoms with van der Waals surface area (Å²) in [6, 6.07) is 17.7. The van der Waals surface area contributed by atoms with E-state index in [2.05, 4.69) is 0 Å². The van der Waals surface area contributed by atoms with Crippen molar-refractivity contribution < 1.29 is 14.3 Å². The normalized spacial score (nSPS) is 17.7. The lowest BCUT2D eigenvalue weighted by atomic mass is 10.0. The molecule has 0 aliphatic carbocycles. The van der Waals surface area contributed by atoms with Gasteiger partial charge >= 0.3 is 6.09 Å². The third-order valence-electron chi connectivity index (χ3n) is 5.16. The van der Waals surface area contributed by atoms with Gasteiger partial charge in [0.05, 0.1) is 5.69 Å². The number of nitrogens with zero attached hydrogens (tertiary/aromatic N) is 2. The number of hydrogen-bond acceptors (Lipinski definition) is 3. The van der Waals surface area contributed by atoms with Crippen LogP contribution in [0.5, 0.6) is 0 Å². The fraction of sp³-hybridized carbons (Fsp3) is 0.273. The summed E-state index contributed by atoms with van der Waals surface area (Å²) in [7, 11) is 0. The molecule has 0 spiro atoms. The lowest BCUT2D eigenvalue weighted by molar-refractivity contribution is -0.126. The Morgan fingerprint density at radius 1 is 1.00 bits per heavy atom. The molecule has 4 rings (SSSR count). The van der Waals surface area contributed by atoms with E-state index in [9.17, 15) is 9.59 Å². The Bertz CT molecular complexity index is 855. The summed E-state index contributed by atoms with van der Waals surface area (Å²) in [5.41, 5.74) is 2.97. The SMILES string of the molecule is O=C(/C=C/c1ccccc1)N1CCC(N2C(=O)OCc3ccccc32)CC1. The number of cyclic esters (lactones) is 1. The van der Waals surface area contributed by atoms with Gasteiger partial charge in [0, 0.05) is 30.8 Å². The van der Waals surface area contributed by atoms with Crippen LogP contribution in [0, 0.1) is 0 Å². The second-order valence-corrected chi connectivity index (χ2v) is 6.85. The molecule has 2 aromatic rings. The molecule has 2 aliphatic heterocycles. The number of benzene rings is 2. The highest BCUT2D eigenvalue weighted by Gasteiger charge is 2.34. The number of carbonyl (C=O) groups excluding carboxylic acids is 2. The maximum atomic E-state index is 12.5. The zero-order valence-electron chi connectivity index (χ0n) is 15.1. The van der Waals surface area contributed by atoms with Crippen LogP contribution in [0.25, 0.3) is 6.08 Å². The van der Waals surface area contributed by atoms with Crippen molar-refractivity contribution in [3.8, 4) is 0 Å². The molecule has 0 N–H and O–H groups in total. The molecule has 2 amide bonds. The molecule has 0 aromatic heterocycles. The van der Waals surface area contributed by atoms with Gasteiger partial charge in [-0.05, 0) is 30.5 Å². The molecule has 0 bridgehead atoms. The van der Waals surface area contributed by atoms with Gasteiger partial charge in [0.25, 0.3) is 0 Å². The summed E-state index contributed by atoms with van der Waals surface area (Å²) in [6.45, 7) is 1.59. The number of hydrogen-bond donors (Lipinski definition) is 0. The van der Waals surface area contributed by atoms with Crippen molar-refractivity contribution >= 4 is 23.8 Å². The summed E-state index contributed by atoms with van der Waals surface area (Å²) in [6.07, 6.45) is 4.66. The summed E-state index contributed by atoms with van der Waals surface area (Å²) in [5.74, 6) is 0.0129. The number of para-hydroxylation sites is 1. The first-order chi connectivity index (χ1) is 13.2. The Morgan fingerprint density at radius 2 is 1.70 bits per heavy atom. The fourth-order valence-electron chi connectivity index (χ4n) is 3.70. The van der Waals surface area contributed by atoms with Crippen molar-refractivity contribution in [1.82, 2.24) is 4.90 Å². The van der Waals surface area contributed by atoms with Gasteiger partial charge in [-0.2, -0.15) is 0 Å². The van der Waals surface area contributed by atoms with E-state index in [0.717, 1.165) is 29.7 Å². The maximum absolute atomic E-state index is 12.5. The molecule has 0 saturated carbocycles. The number of fused-ring (bicyclic) bond motifs is 1. The van der Waals surface area contributed by atoms with E-state index < -0.39 is 0 Å². The van der Waals surface area contributed by atoms with Gasteiger partial charge < -0.3 is 9.64 Å². The van der Waals surface area contributed by atoms with E-state index in [1.165, 1.54) is 0 Å². The zero-order valence-corrected chi connectivity index (χ0v) is 15.1. The van der Waals surface area contributed by atoms with Crippen LogP contribution in [0.3, 0.4) is 0 Å². The molecule has 27 heavy (non-hydrogen) atoms. The van der Waals surface area contributed by atoms with Crippen molar-refractivity contribution in [3.05, 3.63) is 71.8 Å². The highest BCUT2D eigenvalue weighted by molar-refractivity contribution is 5.92. The first-order valence-corrected chi connectivity index (χ1v) is 9.28. The first-order valence-electron chi connectivity index (χ1n) is 9.28. The third-order valence-corrected chi connectivity index (χ3v) is 5.16. The summed E-state index contributed by atoms with van der Waals surface area (Å²) < 4.78 is 5.33. The second-order valence-electron chi connectivity index (χ2n) is 6.85. The van der Waals surface area contributed by atoms with Crippen molar-refractivity contribution in [2.45, 2.75) is 25.5 Å². The average Bonchev–Trinajstić information content (AvgIpc) is 2.73. The molecule has 0 atom stereocenters. The standard InChI is InChI=1S/C22H22N2O3/c25-21(11-10-17-6-2-1-3-7-17)23-14-12-19(13-15-23)24-20-9-5-4-8-18(20)16-27-22(24)26/h1-11,19H,12-16H2/b11-10+. The van der Waals surface area contributed by atoms with Crippen molar-refractivity contribution in [1.29, 1.82) is 0 Å². The van der Waals surface area contributed by atoms with Crippen LogP contribution in [-0.2, 0) is 16.1 Å². The van der Waals surface area contributed by atoms with E-state index in [1.807, 2.05) is 65.6 Å². The van der Waals surface area contributed by atoms with Crippen LogP contribution in [0.15, 0.2) is 60.7 Å². The van der Waals surface area contributed by atoms with Gasteiger partial charge in [-0.1, -0.05) is 48.5 Å². The molecular weight excluding hydrogens is 340 g/mol. The lowest BCUT2D eigenvalue weighted by Gasteiger charge is -2.40. The van der Waals surface area contributed by atoms with Gasteiger partial charge in [-0.25, -0.2) is 4.79 Å². The van der Waals surface area contributed by atoms with Gasteiger partial charge in [0.1, 0.15) is 6.61 Å². The van der Waals surface area contributed by atoms with Gasteiger partial charge in [-0.15, -0.1) is 0 Å². The Kier molecular flexibility index (Phi) is 4.92. The van der Waals surface area contributed by atoms with Crippen LogP contribution in [0.2, 0.25) is 0 Å². The second kappa shape index (κ2) is 7.66. The number of rotatable bonds is 3. The Balaban J connectivity index is 1.40. The monoisotopic (exact) mass is 362 g/mol. The van der Waals surface area contributed by atoms with Gasteiger partial charge in [-0.3, -0.25) is 9.69 Å². The number of ether oxygens (including phenoxy) is 1. The van der Waals surface area contributed by atoms with Gasteiger partial charge in [0.15, 0.2) is 0 Å². The first kappa shape index (κ1) is 17.3. The van der Waals surface area contributed by atoms with E-state index in [4.69, 9.17) is 4.74 Å². The van der Waals surface area contributed by atoms with Crippen LogP contribution < -0.4 is 4.90 Å². The number of carbonyl (C=O) groups is 2. The molecule has 0 radical (unpaired) electrons. The van der Waals surface area contributed by atoms with E-state index in [-0.39, 0.29) is 18.0 Å². The molecule has 1 saturated heterocycles. The highest BCUT2D eigenvalue weighted by Crippen LogP contribution is 2.31. The molecule has 1 fully saturated rings. The predicted octanol–water partition coefficient (Wildman–Crippen LogP) is 3.85. The smallest absolute Gasteiger partial charge is 0.414 e. The minimum absolute atomic E-state index is 0.0129. The van der Waals surface area contributed by atoms with Crippen LogP contribution in [-0.4, -0.2) is 36.0 Å². The number of anilines is 1. The van der Waals surface area contributed by atoms with E-state index in [0.29, 0.717) is 19.7 Å². The molecule has 0 unspecified atom stereocenters. The lowest BCUT2D eigenvalue weighted by Crippen LogP contribution is -2.50. The third kappa shape index (κ3) is 3.72. The quantitative estimate of drug-likeness (QED) is 0.780. The molecule has 2 aliphatic rings. The molecule has 5 heteroatoms. The van der Waals surface area contributed by atoms with Crippen LogP contribution >= 0.6 is 0 Å². The Hall–Kier alpha value is -3.08. The average molecular weight is 362 g/mol. The maximum Gasteiger partial charge on any atom is 0.414 e. The molecule has 5 nitrogen and oxygen atoms in total. The Labute approximate surface area is 158 Å². The molecular formula is C22H22N2O3. The van der Waals surface area contributed by atoms with Crippen LogP contribution in [0.1, 0.15) is 24.0 Å². The van der Waals surface area contributed by atoms with Crippen molar-refractivity contribution in [3.63, 3.8) is 0 Å². The summed E-state index contributed by atoms with van der Waals surface area (Å²) in [5, 5.41) is 0. The molecule has 138 valence electrons. The van der Waals surface area contributed by atoms with Gasteiger partial charge in [0.2, 0.25) is 5.91 Å².